The summed E-state index contributed by atoms with van der Waals surface area (Å²) in [5.41, 5.74) is 0.479. The quantitative estimate of drug-likeness (QED) is 0.527. The summed E-state index contributed by atoms with van der Waals surface area (Å²) in [4.78, 5) is 16.4. The number of furan rings is 1. The number of rotatable bonds is 5. The summed E-state index contributed by atoms with van der Waals surface area (Å²) in [5.74, 6) is 0.100. The fourth-order valence-corrected chi connectivity index (χ4v) is 3.04. The van der Waals surface area contributed by atoms with Crippen LogP contribution in [0.2, 0.25) is 0 Å². The van der Waals surface area contributed by atoms with Crippen LogP contribution in [0.3, 0.4) is 0 Å². The van der Waals surface area contributed by atoms with E-state index in [2.05, 4.69) is 15.4 Å². The van der Waals surface area contributed by atoms with Crippen molar-refractivity contribution in [2.75, 3.05) is 12.4 Å². The van der Waals surface area contributed by atoms with Gasteiger partial charge in [-0.15, -0.1) is 0 Å². The van der Waals surface area contributed by atoms with Crippen LogP contribution >= 0.6 is 0 Å². The Morgan fingerprint density at radius 1 is 1.23 bits per heavy atom. The Balaban J connectivity index is 1.62. The van der Waals surface area contributed by atoms with Crippen molar-refractivity contribution >= 4 is 22.6 Å². The van der Waals surface area contributed by atoms with E-state index in [4.69, 9.17) is 9.15 Å². The van der Waals surface area contributed by atoms with E-state index in [1.54, 1.807) is 18.2 Å². The van der Waals surface area contributed by atoms with Crippen LogP contribution in [-0.2, 0) is 17.4 Å². The van der Waals surface area contributed by atoms with Crippen LogP contribution < -0.4 is 10.1 Å². The average molecular weight is 416 g/mol. The molecule has 2 aromatic carbocycles. The van der Waals surface area contributed by atoms with E-state index < -0.39 is 17.6 Å². The van der Waals surface area contributed by atoms with Gasteiger partial charge in [-0.25, -0.2) is 9.67 Å². The molecule has 0 bridgehead atoms. The lowest BCUT2D eigenvalue weighted by Crippen LogP contribution is -2.17. The van der Waals surface area contributed by atoms with Gasteiger partial charge < -0.3 is 14.5 Å². The van der Waals surface area contributed by atoms with Crippen LogP contribution in [0.15, 0.2) is 59.7 Å². The number of nitrogens with one attached hydrogen (secondary N) is 1. The normalized spacial score (nSPS) is 11.6. The topological polar surface area (TPSA) is 82.2 Å². The molecule has 0 spiro atoms. The van der Waals surface area contributed by atoms with E-state index in [9.17, 15) is 18.0 Å². The largest absolute Gasteiger partial charge is 0.497 e. The molecule has 0 atom stereocenters. The van der Waals surface area contributed by atoms with Crippen molar-refractivity contribution in [2.24, 2.45) is 0 Å². The van der Waals surface area contributed by atoms with Crippen LogP contribution in [0.25, 0.3) is 16.7 Å². The minimum atomic E-state index is -4.56. The predicted molar refractivity (Wildman–Crippen MR) is 101 cm³/mol. The second kappa shape index (κ2) is 7.54. The van der Waals surface area contributed by atoms with E-state index >= 15 is 0 Å². The van der Waals surface area contributed by atoms with Gasteiger partial charge >= 0.3 is 6.18 Å². The minimum Gasteiger partial charge on any atom is -0.497 e. The Bertz CT molecular complexity index is 1200. The number of aromatic nitrogens is 3. The molecule has 10 heteroatoms. The fraction of sp³-hybridized carbons (Fsp3) is 0.150. The Morgan fingerprint density at radius 2 is 2.07 bits per heavy atom. The highest BCUT2D eigenvalue weighted by Gasteiger charge is 2.31. The van der Waals surface area contributed by atoms with Gasteiger partial charge in [-0.3, -0.25) is 4.79 Å². The number of halogens is 3. The van der Waals surface area contributed by atoms with Gasteiger partial charge in [0.05, 0.1) is 36.7 Å². The number of methoxy groups -OCH3 is 1. The first-order valence-electron chi connectivity index (χ1n) is 8.75. The number of hydrogen-bond donors (Lipinski definition) is 1. The molecule has 0 unspecified atom stereocenters. The molecule has 0 saturated carbocycles. The van der Waals surface area contributed by atoms with Gasteiger partial charge in [0.15, 0.2) is 0 Å². The predicted octanol–water partition coefficient (Wildman–Crippen LogP) is 4.22. The van der Waals surface area contributed by atoms with Crippen molar-refractivity contribution in [1.82, 2.24) is 14.8 Å². The van der Waals surface area contributed by atoms with Crippen LogP contribution in [0.1, 0.15) is 11.1 Å². The zero-order valence-electron chi connectivity index (χ0n) is 15.6. The van der Waals surface area contributed by atoms with Crippen molar-refractivity contribution < 1.29 is 27.1 Å². The summed E-state index contributed by atoms with van der Waals surface area (Å²) in [7, 11) is 1.53. The molecule has 0 saturated heterocycles. The third kappa shape index (κ3) is 3.84. The van der Waals surface area contributed by atoms with Crippen molar-refractivity contribution in [3.63, 3.8) is 0 Å². The van der Waals surface area contributed by atoms with Gasteiger partial charge in [0.1, 0.15) is 24.0 Å². The number of nitrogens with zero attached hydrogens (tertiary/aromatic N) is 3. The molecular weight excluding hydrogens is 401 g/mol. The summed E-state index contributed by atoms with van der Waals surface area (Å²) >= 11 is 0. The van der Waals surface area contributed by atoms with Crippen molar-refractivity contribution in [2.45, 2.75) is 12.6 Å². The van der Waals surface area contributed by atoms with Crippen molar-refractivity contribution in [3.05, 3.63) is 66.4 Å². The number of alkyl halides is 3. The maximum atomic E-state index is 13.2. The monoisotopic (exact) mass is 416 g/mol. The molecule has 0 aliphatic heterocycles. The van der Waals surface area contributed by atoms with Crippen LogP contribution in [0.4, 0.5) is 18.9 Å². The lowest BCUT2D eigenvalue weighted by Gasteiger charge is -2.14. The lowest BCUT2D eigenvalue weighted by molar-refractivity contribution is -0.137. The number of fused-ring (bicyclic) bond motifs is 1. The number of ether oxygens (including phenoxy) is 1. The molecule has 4 aromatic rings. The highest BCUT2D eigenvalue weighted by Crippen LogP contribution is 2.33. The molecule has 7 nitrogen and oxygen atoms in total. The molecule has 1 amide bonds. The number of anilines is 1. The number of carbonyl (C=O) groups excluding carboxylic acids is 1. The van der Waals surface area contributed by atoms with Crippen molar-refractivity contribution in [3.8, 4) is 11.4 Å². The summed E-state index contributed by atoms with van der Waals surface area (Å²) in [6, 6.07) is 8.19. The highest BCUT2D eigenvalue weighted by atomic mass is 19.4. The van der Waals surface area contributed by atoms with Gasteiger partial charge in [0, 0.05) is 17.0 Å². The smallest absolute Gasteiger partial charge is 0.416 e. The van der Waals surface area contributed by atoms with E-state index in [0.717, 1.165) is 12.1 Å². The molecule has 0 aliphatic carbocycles. The Kier molecular flexibility index (Phi) is 4.90. The highest BCUT2D eigenvalue weighted by molar-refractivity contribution is 5.97. The zero-order chi connectivity index (χ0) is 21.3. The molecule has 1 N–H and O–H groups in total. The first kappa shape index (κ1) is 19.5. The minimum absolute atomic E-state index is 0.0326. The zero-order valence-corrected chi connectivity index (χ0v) is 15.6. The molecule has 30 heavy (non-hydrogen) atoms. The number of amides is 1. The molecule has 4 rings (SSSR count). The maximum absolute atomic E-state index is 13.2. The number of benzene rings is 2. The summed E-state index contributed by atoms with van der Waals surface area (Å²) in [6.45, 7) is 0. The molecule has 2 heterocycles. The Labute approximate surface area is 168 Å². The second-order valence-corrected chi connectivity index (χ2v) is 6.42. The standard InChI is InChI=1S/C20H15F3N4O3/c1-29-14-3-4-15-12(9-30-18(15)8-14)6-19(28)26-16-7-13(20(21,22)23)2-5-17(16)27-11-24-10-25-27/h2-5,7-11H,6H2,1H3,(H,26,28). The molecule has 0 aliphatic rings. The fourth-order valence-electron chi connectivity index (χ4n) is 3.04. The molecule has 0 fully saturated rings. The average Bonchev–Trinajstić information content (AvgIpc) is 3.37. The van der Waals surface area contributed by atoms with Crippen LogP contribution in [0, 0.1) is 0 Å². The Morgan fingerprint density at radius 3 is 2.77 bits per heavy atom. The van der Waals surface area contributed by atoms with E-state index in [-0.39, 0.29) is 17.8 Å². The van der Waals surface area contributed by atoms with Crippen LogP contribution in [-0.4, -0.2) is 27.8 Å². The van der Waals surface area contributed by atoms with Crippen LogP contribution in [0.5, 0.6) is 5.75 Å². The summed E-state index contributed by atoms with van der Waals surface area (Å²) in [5, 5.41) is 7.18. The Hall–Kier alpha value is -3.82. The number of hydrogen-bond acceptors (Lipinski definition) is 5. The third-order valence-corrected chi connectivity index (χ3v) is 4.48. The maximum Gasteiger partial charge on any atom is 0.416 e. The van der Waals surface area contributed by atoms with Gasteiger partial charge in [-0.1, -0.05) is 0 Å². The van der Waals surface area contributed by atoms with Crippen molar-refractivity contribution in [1.29, 1.82) is 0 Å². The number of carbonyl (C=O) groups is 1. The third-order valence-electron chi connectivity index (χ3n) is 4.48. The summed E-state index contributed by atoms with van der Waals surface area (Å²) < 4.78 is 51.3. The van der Waals surface area contributed by atoms with Gasteiger partial charge in [0.2, 0.25) is 5.91 Å². The molecule has 154 valence electrons. The first-order valence-corrected chi connectivity index (χ1v) is 8.75. The molecular formula is C20H15F3N4O3. The van der Waals surface area contributed by atoms with E-state index in [1.807, 2.05) is 0 Å². The van der Waals surface area contributed by atoms with Gasteiger partial charge in [0.25, 0.3) is 0 Å². The van der Waals surface area contributed by atoms with E-state index in [1.165, 1.54) is 36.8 Å². The summed E-state index contributed by atoms with van der Waals surface area (Å²) in [6.07, 6.45) is -0.634. The van der Waals surface area contributed by atoms with Gasteiger partial charge in [-0.05, 0) is 30.3 Å². The lowest BCUT2D eigenvalue weighted by atomic mass is 10.1. The second-order valence-electron chi connectivity index (χ2n) is 6.42. The molecule has 2 aromatic heterocycles. The first-order chi connectivity index (χ1) is 14.3. The van der Waals surface area contributed by atoms with E-state index in [0.29, 0.717) is 22.3 Å². The molecule has 0 radical (unpaired) electrons. The van der Waals surface area contributed by atoms with Gasteiger partial charge in [-0.2, -0.15) is 18.3 Å². The SMILES string of the molecule is COc1ccc2c(CC(=O)Nc3cc(C(F)(F)F)ccc3-n3cncn3)coc2c1.